The number of halogens is 1. The Labute approximate surface area is 118 Å². The molecule has 1 saturated carbocycles. The van der Waals surface area contributed by atoms with Gasteiger partial charge in [0.05, 0.1) is 0 Å². The lowest BCUT2D eigenvalue weighted by molar-refractivity contribution is 0.480. The second-order valence-electron chi connectivity index (χ2n) is 5.41. The van der Waals surface area contributed by atoms with E-state index in [0.717, 1.165) is 18.8 Å². The molecular weight excluding hydrogens is 255 g/mol. The summed E-state index contributed by atoms with van der Waals surface area (Å²) in [5.41, 5.74) is 1.17. The highest BCUT2D eigenvalue weighted by Crippen LogP contribution is 2.40. The molecule has 1 unspecified atom stereocenters. The van der Waals surface area contributed by atoms with Crippen LogP contribution in [-0.2, 0) is 13.5 Å². The Morgan fingerprint density at radius 2 is 2.10 bits per heavy atom. The van der Waals surface area contributed by atoms with E-state index in [4.69, 9.17) is 0 Å². The summed E-state index contributed by atoms with van der Waals surface area (Å²) in [4.78, 5) is 4.22. The molecule has 1 aromatic carbocycles. The average molecular weight is 274 g/mol. The molecule has 5 heteroatoms. The molecule has 2 aromatic rings. The minimum atomic E-state index is -0.180. The predicted molar refractivity (Wildman–Crippen MR) is 74.6 cm³/mol. The molecule has 0 saturated heterocycles. The molecule has 1 aromatic heterocycles. The van der Waals surface area contributed by atoms with Crippen LogP contribution < -0.4 is 5.32 Å². The smallest absolute Gasteiger partial charge is 0.151 e. The van der Waals surface area contributed by atoms with Crippen LogP contribution >= 0.6 is 0 Å². The average Bonchev–Trinajstić information content (AvgIpc) is 3.19. The summed E-state index contributed by atoms with van der Waals surface area (Å²) in [7, 11) is 1.87. The topological polar surface area (TPSA) is 42.7 Å². The predicted octanol–water partition coefficient (Wildman–Crippen LogP) is 2.24. The summed E-state index contributed by atoms with van der Waals surface area (Å²) in [5, 5.41) is 7.83. The standard InChI is InChI=1S/C15H19FN4/c1-20-10-18-14(19-20)8-9-17-15(11-2-3-11)12-4-6-13(16)7-5-12/h4-7,10-11,15,17H,2-3,8-9H2,1H3. The maximum Gasteiger partial charge on any atom is 0.151 e. The summed E-state index contributed by atoms with van der Waals surface area (Å²) in [6, 6.07) is 7.15. The minimum Gasteiger partial charge on any atom is -0.309 e. The fraction of sp³-hybridized carbons (Fsp3) is 0.467. The molecule has 106 valence electrons. The van der Waals surface area contributed by atoms with E-state index in [0.29, 0.717) is 12.0 Å². The van der Waals surface area contributed by atoms with E-state index in [1.807, 2.05) is 19.2 Å². The number of nitrogens with zero attached hydrogens (tertiary/aromatic N) is 3. The summed E-state index contributed by atoms with van der Waals surface area (Å²) < 4.78 is 14.7. The molecule has 1 aliphatic carbocycles. The van der Waals surface area contributed by atoms with Crippen LogP contribution in [0.4, 0.5) is 4.39 Å². The largest absolute Gasteiger partial charge is 0.309 e. The van der Waals surface area contributed by atoms with E-state index in [1.165, 1.54) is 30.5 Å². The Kier molecular flexibility index (Phi) is 3.78. The third-order valence-corrected chi connectivity index (χ3v) is 3.68. The van der Waals surface area contributed by atoms with Crippen LogP contribution in [0.15, 0.2) is 30.6 Å². The zero-order valence-electron chi connectivity index (χ0n) is 11.6. The molecule has 1 heterocycles. The molecule has 1 aliphatic rings. The van der Waals surface area contributed by atoms with Gasteiger partial charge in [0.1, 0.15) is 12.1 Å². The van der Waals surface area contributed by atoms with Crippen molar-refractivity contribution in [3.05, 3.63) is 47.8 Å². The van der Waals surface area contributed by atoms with Gasteiger partial charge in [-0.05, 0) is 36.5 Å². The fourth-order valence-electron chi connectivity index (χ4n) is 2.49. The zero-order valence-corrected chi connectivity index (χ0v) is 11.6. The minimum absolute atomic E-state index is 0.180. The number of hydrogen-bond donors (Lipinski definition) is 1. The number of aryl methyl sites for hydroxylation is 1. The van der Waals surface area contributed by atoms with Crippen molar-refractivity contribution in [2.24, 2.45) is 13.0 Å². The van der Waals surface area contributed by atoms with Crippen LogP contribution in [0.25, 0.3) is 0 Å². The van der Waals surface area contributed by atoms with Crippen LogP contribution in [0.3, 0.4) is 0 Å². The third kappa shape index (κ3) is 3.22. The number of benzene rings is 1. The first kappa shape index (κ1) is 13.2. The van der Waals surface area contributed by atoms with Gasteiger partial charge < -0.3 is 5.32 Å². The molecule has 1 fully saturated rings. The first-order valence-electron chi connectivity index (χ1n) is 7.06. The number of nitrogens with one attached hydrogen (secondary N) is 1. The van der Waals surface area contributed by atoms with Crippen LogP contribution in [0.5, 0.6) is 0 Å². The highest BCUT2D eigenvalue weighted by atomic mass is 19.1. The molecule has 1 atom stereocenters. The van der Waals surface area contributed by atoms with E-state index < -0.39 is 0 Å². The monoisotopic (exact) mass is 274 g/mol. The fourth-order valence-corrected chi connectivity index (χ4v) is 2.49. The van der Waals surface area contributed by atoms with Gasteiger partial charge >= 0.3 is 0 Å². The van der Waals surface area contributed by atoms with Crippen LogP contribution in [0.2, 0.25) is 0 Å². The lowest BCUT2D eigenvalue weighted by atomic mass is 10.0. The Morgan fingerprint density at radius 1 is 1.35 bits per heavy atom. The van der Waals surface area contributed by atoms with Gasteiger partial charge in [-0.2, -0.15) is 5.10 Å². The van der Waals surface area contributed by atoms with E-state index in [9.17, 15) is 4.39 Å². The van der Waals surface area contributed by atoms with E-state index in [1.54, 1.807) is 11.0 Å². The summed E-state index contributed by atoms with van der Waals surface area (Å²) in [6.45, 7) is 0.836. The van der Waals surface area contributed by atoms with E-state index in [-0.39, 0.29) is 5.82 Å². The molecule has 0 radical (unpaired) electrons. The number of hydrogen-bond acceptors (Lipinski definition) is 3. The van der Waals surface area contributed by atoms with Gasteiger partial charge in [0.2, 0.25) is 0 Å². The number of rotatable bonds is 6. The van der Waals surface area contributed by atoms with Crippen molar-refractivity contribution in [2.45, 2.75) is 25.3 Å². The van der Waals surface area contributed by atoms with Crippen molar-refractivity contribution >= 4 is 0 Å². The van der Waals surface area contributed by atoms with Gasteiger partial charge in [0.25, 0.3) is 0 Å². The summed E-state index contributed by atoms with van der Waals surface area (Å²) >= 11 is 0. The molecule has 0 spiro atoms. The second kappa shape index (κ2) is 5.71. The zero-order chi connectivity index (χ0) is 13.9. The SMILES string of the molecule is Cn1cnc(CCNC(c2ccc(F)cc2)C2CC2)n1. The van der Waals surface area contributed by atoms with Gasteiger partial charge in [0.15, 0.2) is 5.82 Å². The van der Waals surface area contributed by atoms with Gasteiger partial charge in [-0.1, -0.05) is 12.1 Å². The lowest BCUT2D eigenvalue weighted by Gasteiger charge is -2.18. The normalized spacial score (nSPS) is 16.3. The second-order valence-corrected chi connectivity index (χ2v) is 5.41. The highest BCUT2D eigenvalue weighted by Gasteiger charge is 2.31. The molecule has 0 bridgehead atoms. The van der Waals surface area contributed by atoms with Crippen LogP contribution in [-0.4, -0.2) is 21.3 Å². The Balaban J connectivity index is 1.59. The van der Waals surface area contributed by atoms with Gasteiger partial charge in [-0.3, -0.25) is 4.68 Å². The maximum atomic E-state index is 13.0. The van der Waals surface area contributed by atoms with Gasteiger partial charge in [-0.15, -0.1) is 0 Å². The van der Waals surface area contributed by atoms with Crippen molar-refractivity contribution in [1.29, 1.82) is 0 Å². The Bertz CT molecular complexity index is 560. The Hall–Kier alpha value is -1.75. The van der Waals surface area contributed by atoms with Crippen molar-refractivity contribution < 1.29 is 4.39 Å². The first-order valence-corrected chi connectivity index (χ1v) is 7.06. The van der Waals surface area contributed by atoms with Crippen molar-refractivity contribution in [3.63, 3.8) is 0 Å². The number of aromatic nitrogens is 3. The molecule has 0 aliphatic heterocycles. The molecule has 0 amide bonds. The van der Waals surface area contributed by atoms with Gasteiger partial charge in [0, 0.05) is 26.1 Å². The molecule has 1 N–H and O–H groups in total. The molecular formula is C15H19FN4. The van der Waals surface area contributed by atoms with Gasteiger partial charge in [-0.25, -0.2) is 9.37 Å². The summed E-state index contributed by atoms with van der Waals surface area (Å²) in [5.74, 6) is 1.35. The quantitative estimate of drug-likeness (QED) is 0.878. The molecule has 3 rings (SSSR count). The van der Waals surface area contributed by atoms with E-state index in [2.05, 4.69) is 15.4 Å². The maximum absolute atomic E-state index is 13.0. The van der Waals surface area contributed by atoms with Crippen molar-refractivity contribution in [2.75, 3.05) is 6.54 Å². The van der Waals surface area contributed by atoms with Crippen LogP contribution in [0.1, 0.15) is 30.3 Å². The van der Waals surface area contributed by atoms with Crippen LogP contribution in [0, 0.1) is 11.7 Å². The summed E-state index contributed by atoms with van der Waals surface area (Å²) in [6.07, 6.45) is 5.02. The van der Waals surface area contributed by atoms with Crippen molar-refractivity contribution in [1.82, 2.24) is 20.1 Å². The third-order valence-electron chi connectivity index (χ3n) is 3.68. The Morgan fingerprint density at radius 3 is 2.70 bits per heavy atom. The molecule has 20 heavy (non-hydrogen) atoms. The molecule has 4 nitrogen and oxygen atoms in total. The highest BCUT2D eigenvalue weighted by molar-refractivity contribution is 5.22. The lowest BCUT2D eigenvalue weighted by Crippen LogP contribution is -2.25. The first-order chi connectivity index (χ1) is 9.72. The van der Waals surface area contributed by atoms with E-state index >= 15 is 0 Å². The van der Waals surface area contributed by atoms with Crippen molar-refractivity contribution in [3.8, 4) is 0 Å².